The lowest BCUT2D eigenvalue weighted by atomic mass is 10.0. The van der Waals surface area contributed by atoms with Gasteiger partial charge in [-0.1, -0.05) is 63.9 Å². The molecule has 4 nitrogen and oxygen atoms in total. The quantitative estimate of drug-likeness (QED) is 0.453. The van der Waals surface area contributed by atoms with Crippen molar-refractivity contribution in [2.24, 2.45) is 0 Å². The van der Waals surface area contributed by atoms with Crippen molar-refractivity contribution in [3.63, 3.8) is 0 Å². The van der Waals surface area contributed by atoms with E-state index in [0.29, 0.717) is 28.7 Å². The fourth-order valence-corrected chi connectivity index (χ4v) is 3.77. The Morgan fingerprint density at radius 3 is 2.62 bits per heavy atom. The van der Waals surface area contributed by atoms with E-state index in [9.17, 15) is 4.79 Å². The van der Waals surface area contributed by atoms with Crippen LogP contribution < -0.4 is 14.8 Å². The second-order valence-electron chi connectivity index (χ2n) is 6.46. The van der Waals surface area contributed by atoms with Crippen LogP contribution in [0.25, 0.3) is 11.6 Å². The first-order valence-electron chi connectivity index (χ1n) is 8.93. The fraction of sp³-hybridized carbons (Fsp3) is 0.0870. The van der Waals surface area contributed by atoms with Gasteiger partial charge in [0, 0.05) is 31.9 Å². The molecule has 0 unspecified atom stereocenters. The second-order valence-corrected chi connectivity index (χ2v) is 7.72. The molecular weight excluding hydrogens is 454 g/mol. The maximum absolute atomic E-state index is 12.4. The number of hydrogen-bond acceptors (Lipinski definition) is 3. The summed E-state index contributed by atoms with van der Waals surface area (Å²) in [5.41, 5.74) is 3.99. The van der Waals surface area contributed by atoms with Gasteiger partial charge < -0.3 is 14.8 Å². The zero-order valence-electron chi connectivity index (χ0n) is 15.5. The van der Waals surface area contributed by atoms with Crippen molar-refractivity contribution in [1.82, 2.24) is 0 Å². The summed E-state index contributed by atoms with van der Waals surface area (Å²) in [5.74, 6) is 1.02. The maximum Gasteiger partial charge on any atom is 0.256 e. The number of halogens is 2. The molecular formula is C23H17BrClNO3. The Bertz CT molecular complexity index is 1130. The number of rotatable bonds is 5. The number of ether oxygens (including phenoxy) is 2. The highest BCUT2D eigenvalue weighted by Gasteiger charge is 2.24. The maximum atomic E-state index is 12.4. The number of carbonyl (C=O) groups is 1. The van der Waals surface area contributed by atoms with E-state index in [4.69, 9.17) is 21.1 Å². The predicted octanol–water partition coefficient (Wildman–Crippen LogP) is 6.18. The standard InChI is InChI=1S/C23H17BrClNO3/c1-28-21-11-15(10-17-16-7-3-5-9-20(16)26-23(17)27)18(24)12-22(21)29-13-14-6-2-4-8-19(14)25/h2-12H,13H2,1H3,(H,26,27). The van der Waals surface area contributed by atoms with Crippen LogP contribution in [-0.4, -0.2) is 13.0 Å². The lowest BCUT2D eigenvalue weighted by Crippen LogP contribution is -2.03. The highest BCUT2D eigenvalue weighted by Crippen LogP contribution is 2.38. The van der Waals surface area contributed by atoms with Crippen LogP contribution in [0.15, 0.2) is 65.1 Å². The zero-order chi connectivity index (χ0) is 20.4. The molecule has 0 spiro atoms. The van der Waals surface area contributed by atoms with Gasteiger partial charge in [0.15, 0.2) is 11.5 Å². The van der Waals surface area contributed by atoms with Gasteiger partial charge in [0.2, 0.25) is 0 Å². The summed E-state index contributed by atoms with van der Waals surface area (Å²) in [5, 5.41) is 3.53. The molecule has 3 aromatic carbocycles. The average molecular weight is 471 g/mol. The van der Waals surface area contributed by atoms with Crippen molar-refractivity contribution in [2.45, 2.75) is 6.61 Å². The van der Waals surface area contributed by atoms with Crippen LogP contribution in [0.3, 0.4) is 0 Å². The van der Waals surface area contributed by atoms with Gasteiger partial charge in [-0.05, 0) is 35.9 Å². The van der Waals surface area contributed by atoms with Gasteiger partial charge in [0.05, 0.1) is 7.11 Å². The Morgan fingerprint density at radius 2 is 1.83 bits per heavy atom. The fourth-order valence-electron chi connectivity index (χ4n) is 3.14. The predicted molar refractivity (Wildman–Crippen MR) is 119 cm³/mol. The molecule has 3 aromatic rings. The minimum Gasteiger partial charge on any atom is -0.493 e. The molecule has 4 rings (SSSR count). The minimum atomic E-state index is -0.129. The van der Waals surface area contributed by atoms with Crippen LogP contribution in [0, 0.1) is 0 Å². The molecule has 1 heterocycles. The van der Waals surface area contributed by atoms with Crippen molar-refractivity contribution in [2.75, 3.05) is 12.4 Å². The molecule has 1 N–H and O–H groups in total. The summed E-state index contributed by atoms with van der Waals surface area (Å²) in [4.78, 5) is 12.4. The summed E-state index contributed by atoms with van der Waals surface area (Å²) >= 11 is 9.79. The average Bonchev–Trinajstić information content (AvgIpc) is 3.04. The number of methoxy groups -OCH3 is 1. The molecule has 1 aliphatic heterocycles. The number of amides is 1. The molecule has 0 radical (unpaired) electrons. The first-order valence-corrected chi connectivity index (χ1v) is 10.1. The number of nitrogens with one attached hydrogen (secondary N) is 1. The van der Waals surface area contributed by atoms with Gasteiger partial charge in [-0.25, -0.2) is 0 Å². The van der Waals surface area contributed by atoms with E-state index in [-0.39, 0.29) is 5.91 Å². The molecule has 146 valence electrons. The van der Waals surface area contributed by atoms with Gasteiger partial charge in [0.1, 0.15) is 6.61 Å². The van der Waals surface area contributed by atoms with Crippen molar-refractivity contribution in [1.29, 1.82) is 0 Å². The molecule has 0 aliphatic carbocycles. The second kappa shape index (κ2) is 8.31. The lowest BCUT2D eigenvalue weighted by Gasteiger charge is -2.14. The third-order valence-corrected chi connectivity index (χ3v) is 5.69. The molecule has 0 atom stereocenters. The van der Waals surface area contributed by atoms with Crippen LogP contribution in [0.2, 0.25) is 5.02 Å². The van der Waals surface area contributed by atoms with Crippen molar-refractivity contribution in [3.05, 3.63) is 86.8 Å². The van der Waals surface area contributed by atoms with E-state index in [1.807, 2.05) is 66.7 Å². The Morgan fingerprint density at radius 1 is 1.07 bits per heavy atom. The van der Waals surface area contributed by atoms with E-state index >= 15 is 0 Å². The minimum absolute atomic E-state index is 0.129. The Hall–Kier alpha value is -2.76. The van der Waals surface area contributed by atoms with Crippen LogP contribution in [0.1, 0.15) is 16.7 Å². The molecule has 0 bridgehead atoms. The van der Waals surface area contributed by atoms with E-state index in [1.54, 1.807) is 7.11 Å². The van der Waals surface area contributed by atoms with Gasteiger partial charge in [-0.3, -0.25) is 4.79 Å². The molecule has 1 amide bonds. The van der Waals surface area contributed by atoms with Crippen molar-refractivity contribution < 1.29 is 14.3 Å². The largest absolute Gasteiger partial charge is 0.493 e. The van der Waals surface area contributed by atoms with Gasteiger partial charge in [0.25, 0.3) is 5.91 Å². The number of hydrogen-bond donors (Lipinski definition) is 1. The lowest BCUT2D eigenvalue weighted by molar-refractivity contribution is -0.110. The first kappa shape index (κ1) is 19.6. The molecule has 6 heteroatoms. The Kier molecular flexibility index (Phi) is 5.60. The third kappa shape index (κ3) is 4.02. The smallest absolute Gasteiger partial charge is 0.256 e. The number of fused-ring (bicyclic) bond motifs is 1. The van der Waals surface area contributed by atoms with Gasteiger partial charge in [-0.15, -0.1) is 0 Å². The number of carbonyl (C=O) groups excluding carboxylic acids is 1. The summed E-state index contributed by atoms with van der Waals surface area (Å²) < 4.78 is 12.2. The van der Waals surface area contributed by atoms with Crippen LogP contribution in [0.5, 0.6) is 11.5 Å². The molecule has 0 fully saturated rings. The zero-order valence-corrected chi connectivity index (χ0v) is 17.9. The van der Waals surface area contributed by atoms with E-state index in [0.717, 1.165) is 26.9 Å². The van der Waals surface area contributed by atoms with Gasteiger partial charge >= 0.3 is 0 Å². The van der Waals surface area contributed by atoms with Crippen LogP contribution >= 0.6 is 27.5 Å². The molecule has 0 saturated carbocycles. The van der Waals surface area contributed by atoms with E-state index in [1.165, 1.54) is 0 Å². The molecule has 1 aliphatic rings. The highest BCUT2D eigenvalue weighted by atomic mass is 79.9. The number of para-hydroxylation sites is 1. The Labute approximate surface area is 182 Å². The SMILES string of the molecule is COc1cc(C=C2C(=O)Nc3ccccc32)c(Br)cc1OCc1ccccc1Cl. The topological polar surface area (TPSA) is 47.6 Å². The summed E-state index contributed by atoms with van der Waals surface area (Å²) in [6.45, 7) is 0.318. The Balaban J connectivity index is 1.65. The molecule has 0 saturated heterocycles. The third-order valence-electron chi connectivity index (χ3n) is 4.63. The molecule has 29 heavy (non-hydrogen) atoms. The first-order chi connectivity index (χ1) is 14.1. The number of anilines is 1. The van der Waals surface area contributed by atoms with Crippen LogP contribution in [-0.2, 0) is 11.4 Å². The monoisotopic (exact) mass is 469 g/mol. The number of benzene rings is 3. The molecule has 0 aromatic heterocycles. The van der Waals surface area contributed by atoms with E-state index in [2.05, 4.69) is 21.2 Å². The van der Waals surface area contributed by atoms with E-state index < -0.39 is 0 Å². The summed E-state index contributed by atoms with van der Waals surface area (Å²) in [7, 11) is 1.58. The summed E-state index contributed by atoms with van der Waals surface area (Å²) in [6, 6.07) is 18.8. The van der Waals surface area contributed by atoms with Gasteiger partial charge in [-0.2, -0.15) is 0 Å². The normalized spacial score (nSPS) is 13.9. The summed E-state index contributed by atoms with van der Waals surface area (Å²) in [6.07, 6.45) is 1.84. The van der Waals surface area contributed by atoms with Crippen LogP contribution in [0.4, 0.5) is 5.69 Å². The van der Waals surface area contributed by atoms with Crippen molar-refractivity contribution >= 4 is 50.8 Å². The highest BCUT2D eigenvalue weighted by molar-refractivity contribution is 9.10. The van der Waals surface area contributed by atoms with Crippen molar-refractivity contribution in [3.8, 4) is 11.5 Å².